The Morgan fingerprint density at radius 1 is 1.35 bits per heavy atom. The molecule has 17 heavy (non-hydrogen) atoms. The summed E-state index contributed by atoms with van der Waals surface area (Å²) in [6.07, 6.45) is 0. The number of halogens is 1. The van der Waals surface area contributed by atoms with Gasteiger partial charge in [0.15, 0.2) is 0 Å². The fraction of sp³-hybridized carbons (Fsp3) is 0.154. The smallest absolute Gasteiger partial charge is 0.203 e. The molecule has 1 N–H and O–H groups in total. The van der Waals surface area contributed by atoms with Crippen molar-refractivity contribution in [2.75, 3.05) is 5.32 Å². The standard InChI is InChI=1S/C13H11FN2O/c1-9-4-10(14)6-11(5-9)16-8-13-3-2-12(7-15)17-13/h2-6,16H,8H2,1H3. The zero-order chi connectivity index (χ0) is 12.3. The molecule has 4 heteroatoms. The number of anilines is 1. The van der Waals surface area contributed by atoms with E-state index in [1.165, 1.54) is 12.1 Å². The van der Waals surface area contributed by atoms with E-state index in [2.05, 4.69) is 5.32 Å². The molecule has 0 aliphatic carbocycles. The molecule has 0 aliphatic rings. The lowest BCUT2D eigenvalue weighted by Crippen LogP contribution is -1.98. The van der Waals surface area contributed by atoms with Crippen molar-refractivity contribution in [1.29, 1.82) is 5.26 Å². The molecule has 0 amide bonds. The van der Waals surface area contributed by atoms with Crippen molar-refractivity contribution in [2.45, 2.75) is 13.5 Å². The number of hydrogen-bond acceptors (Lipinski definition) is 3. The normalized spacial score (nSPS) is 9.94. The maximum absolute atomic E-state index is 13.1. The molecule has 0 fully saturated rings. The number of benzene rings is 1. The molecule has 1 aromatic heterocycles. The maximum atomic E-state index is 13.1. The molecule has 2 aromatic rings. The predicted molar refractivity (Wildman–Crippen MR) is 61.9 cm³/mol. The van der Waals surface area contributed by atoms with Crippen LogP contribution in [0.4, 0.5) is 10.1 Å². The summed E-state index contributed by atoms with van der Waals surface area (Å²) in [5.74, 6) is 0.644. The van der Waals surface area contributed by atoms with Crippen LogP contribution in [0.25, 0.3) is 0 Å². The summed E-state index contributed by atoms with van der Waals surface area (Å²) in [4.78, 5) is 0. The average molecular weight is 230 g/mol. The first kappa shape index (κ1) is 11.2. The number of nitrogens with zero attached hydrogens (tertiary/aromatic N) is 1. The molecule has 0 atom stereocenters. The molecule has 0 bridgehead atoms. The van der Waals surface area contributed by atoms with Gasteiger partial charge in [0.1, 0.15) is 17.6 Å². The number of nitriles is 1. The third-order valence-electron chi connectivity index (χ3n) is 2.28. The van der Waals surface area contributed by atoms with E-state index in [1.54, 1.807) is 12.1 Å². The molecule has 0 spiro atoms. The summed E-state index contributed by atoms with van der Waals surface area (Å²) in [5, 5.41) is 11.6. The lowest BCUT2D eigenvalue weighted by Gasteiger charge is -2.05. The van der Waals surface area contributed by atoms with Gasteiger partial charge < -0.3 is 9.73 Å². The van der Waals surface area contributed by atoms with Gasteiger partial charge in [-0.3, -0.25) is 0 Å². The molecule has 1 aromatic carbocycles. The van der Waals surface area contributed by atoms with Gasteiger partial charge >= 0.3 is 0 Å². The zero-order valence-corrected chi connectivity index (χ0v) is 9.33. The third-order valence-corrected chi connectivity index (χ3v) is 2.28. The van der Waals surface area contributed by atoms with E-state index in [1.807, 2.05) is 19.1 Å². The SMILES string of the molecule is Cc1cc(F)cc(NCc2ccc(C#N)o2)c1. The second-order valence-corrected chi connectivity index (χ2v) is 3.75. The van der Waals surface area contributed by atoms with Gasteiger partial charge in [-0.05, 0) is 42.8 Å². The van der Waals surface area contributed by atoms with Gasteiger partial charge in [0.2, 0.25) is 5.76 Å². The minimum atomic E-state index is -0.273. The van der Waals surface area contributed by atoms with Crippen LogP contribution in [0, 0.1) is 24.1 Å². The molecule has 1 heterocycles. The van der Waals surface area contributed by atoms with Crippen molar-refractivity contribution < 1.29 is 8.81 Å². The lowest BCUT2D eigenvalue weighted by atomic mass is 10.2. The monoisotopic (exact) mass is 230 g/mol. The van der Waals surface area contributed by atoms with E-state index in [0.717, 1.165) is 5.56 Å². The quantitative estimate of drug-likeness (QED) is 0.880. The molecule has 2 rings (SSSR count). The first-order chi connectivity index (χ1) is 8.17. The molecular formula is C13H11FN2O. The van der Waals surface area contributed by atoms with Gasteiger partial charge in [-0.25, -0.2) is 4.39 Å². The predicted octanol–water partition coefficient (Wildman–Crippen LogP) is 3.21. The fourth-order valence-electron chi connectivity index (χ4n) is 1.56. The van der Waals surface area contributed by atoms with E-state index >= 15 is 0 Å². The molecule has 0 unspecified atom stereocenters. The summed E-state index contributed by atoms with van der Waals surface area (Å²) >= 11 is 0. The minimum absolute atomic E-state index is 0.273. The van der Waals surface area contributed by atoms with Crippen LogP contribution >= 0.6 is 0 Å². The zero-order valence-electron chi connectivity index (χ0n) is 9.33. The van der Waals surface area contributed by atoms with Crippen molar-refractivity contribution in [3.05, 3.63) is 53.2 Å². The number of aryl methyl sites for hydroxylation is 1. The second kappa shape index (κ2) is 4.71. The summed E-state index contributed by atoms with van der Waals surface area (Å²) in [6, 6.07) is 9.96. The average Bonchev–Trinajstić information content (AvgIpc) is 2.73. The Morgan fingerprint density at radius 3 is 2.82 bits per heavy atom. The number of furan rings is 1. The molecule has 0 saturated heterocycles. The van der Waals surface area contributed by atoms with Crippen LogP contribution in [0.15, 0.2) is 34.7 Å². The Balaban J connectivity index is 2.04. The van der Waals surface area contributed by atoms with Crippen molar-refractivity contribution in [3.63, 3.8) is 0 Å². The van der Waals surface area contributed by atoms with Crippen molar-refractivity contribution in [2.24, 2.45) is 0 Å². The van der Waals surface area contributed by atoms with Crippen LogP contribution in [0.1, 0.15) is 17.1 Å². The summed E-state index contributed by atoms with van der Waals surface area (Å²) in [6.45, 7) is 2.25. The Hall–Kier alpha value is -2.28. The highest BCUT2D eigenvalue weighted by molar-refractivity contribution is 5.46. The second-order valence-electron chi connectivity index (χ2n) is 3.75. The van der Waals surface area contributed by atoms with Gasteiger partial charge in [0.05, 0.1) is 6.54 Å². The summed E-state index contributed by atoms with van der Waals surface area (Å²) in [7, 11) is 0. The minimum Gasteiger partial charge on any atom is -0.449 e. The van der Waals surface area contributed by atoms with Gasteiger partial charge in [0, 0.05) is 5.69 Å². The number of nitrogens with one attached hydrogen (secondary N) is 1. The topological polar surface area (TPSA) is 49.0 Å². The molecule has 86 valence electrons. The van der Waals surface area contributed by atoms with Crippen LogP contribution < -0.4 is 5.32 Å². The summed E-state index contributed by atoms with van der Waals surface area (Å²) < 4.78 is 18.3. The fourth-order valence-corrected chi connectivity index (χ4v) is 1.56. The van der Waals surface area contributed by atoms with E-state index in [4.69, 9.17) is 9.68 Å². The first-order valence-electron chi connectivity index (χ1n) is 5.17. The van der Waals surface area contributed by atoms with Gasteiger partial charge in [-0.2, -0.15) is 5.26 Å². The number of hydrogen-bond donors (Lipinski definition) is 1. The first-order valence-corrected chi connectivity index (χ1v) is 5.17. The van der Waals surface area contributed by atoms with Crippen LogP contribution in [0.2, 0.25) is 0 Å². The Labute approximate surface area is 98.5 Å². The van der Waals surface area contributed by atoms with E-state index in [9.17, 15) is 4.39 Å². The van der Waals surface area contributed by atoms with Gasteiger partial charge in [-0.1, -0.05) is 0 Å². The molecular weight excluding hydrogens is 219 g/mol. The van der Waals surface area contributed by atoms with E-state index < -0.39 is 0 Å². The van der Waals surface area contributed by atoms with Crippen LogP contribution in [0.3, 0.4) is 0 Å². The highest BCUT2D eigenvalue weighted by atomic mass is 19.1. The van der Waals surface area contributed by atoms with E-state index in [-0.39, 0.29) is 11.6 Å². The lowest BCUT2D eigenvalue weighted by molar-refractivity contribution is 0.506. The Kier molecular flexibility index (Phi) is 3.10. The largest absolute Gasteiger partial charge is 0.449 e. The highest BCUT2D eigenvalue weighted by Gasteiger charge is 2.02. The Morgan fingerprint density at radius 2 is 2.18 bits per heavy atom. The van der Waals surface area contributed by atoms with E-state index in [0.29, 0.717) is 18.0 Å². The third kappa shape index (κ3) is 2.85. The Bertz CT molecular complexity index is 549. The van der Waals surface area contributed by atoms with Crippen molar-refractivity contribution in [1.82, 2.24) is 0 Å². The highest BCUT2D eigenvalue weighted by Crippen LogP contribution is 2.15. The maximum Gasteiger partial charge on any atom is 0.203 e. The molecule has 0 radical (unpaired) electrons. The van der Waals surface area contributed by atoms with Gasteiger partial charge in [-0.15, -0.1) is 0 Å². The molecule has 0 aliphatic heterocycles. The van der Waals surface area contributed by atoms with Gasteiger partial charge in [0.25, 0.3) is 0 Å². The van der Waals surface area contributed by atoms with Crippen LogP contribution in [0.5, 0.6) is 0 Å². The summed E-state index contributed by atoms with van der Waals surface area (Å²) in [5.41, 5.74) is 1.54. The number of rotatable bonds is 3. The molecule has 3 nitrogen and oxygen atoms in total. The van der Waals surface area contributed by atoms with Crippen LogP contribution in [-0.4, -0.2) is 0 Å². The van der Waals surface area contributed by atoms with Crippen molar-refractivity contribution >= 4 is 5.69 Å². The van der Waals surface area contributed by atoms with Crippen LogP contribution in [-0.2, 0) is 6.54 Å². The van der Waals surface area contributed by atoms with Crippen molar-refractivity contribution in [3.8, 4) is 6.07 Å². The molecule has 0 saturated carbocycles.